The maximum Gasteiger partial charge on any atom is 0.242 e. The second kappa shape index (κ2) is 10.1. The van der Waals surface area contributed by atoms with Gasteiger partial charge in [-0.05, 0) is 53.4 Å². The Labute approximate surface area is 211 Å². The van der Waals surface area contributed by atoms with E-state index in [2.05, 4.69) is 5.32 Å². The topological polar surface area (TPSA) is 77.5 Å². The van der Waals surface area contributed by atoms with Crippen LogP contribution in [0.4, 0.5) is 0 Å². The summed E-state index contributed by atoms with van der Waals surface area (Å²) < 4.78 is 11.5. The number of amides is 1. The summed E-state index contributed by atoms with van der Waals surface area (Å²) >= 11 is 8.95. The molecule has 5 rings (SSSR count). The van der Waals surface area contributed by atoms with Crippen LogP contribution in [0.25, 0.3) is 0 Å². The van der Waals surface area contributed by atoms with Crippen molar-refractivity contribution in [2.75, 3.05) is 13.2 Å². The number of nitrogens with one attached hydrogen (secondary N) is 1. The van der Waals surface area contributed by atoms with Gasteiger partial charge in [-0.1, -0.05) is 29.8 Å². The highest BCUT2D eigenvalue weighted by Gasteiger charge is 2.48. The molecule has 0 bridgehead atoms. The Balaban J connectivity index is 1.43. The molecular formula is C25H23ClN2O4S2. The standard InChI is InChI=1S/C25H23ClN2O4S2/c26-18-6-1-2-7-20(18)34-23-19(29)13-25(28-24(23)30,16-10-12-33-15-16)21-8-3-9-22(27-21)32-14-17-5-4-11-31-17/h1-3,6-10,12,15,17,23H,4-5,11,13-14H2,(H,28,30). The number of ether oxygens (including phenoxy) is 2. The van der Waals surface area contributed by atoms with Crippen molar-refractivity contribution in [1.82, 2.24) is 10.3 Å². The molecular weight excluding hydrogens is 492 g/mol. The minimum absolute atomic E-state index is 0.0647. The molecule has 4 heterocycles. The molecule has 1 amide bonds. The van der Waals surface area contributed by atoms with Gasteiger partial charge in [0.15, 0.2) is 5.78 Å². The van der Waals surface area contributed by atoms with Gasteiger partial charge in [0.2, 0.25) is 11.8 Å². The summed E-state index contributed by atoms with van der Waals surface area (Å²) in [6.07, 6.45) is 2.15. The van der Waals surface area contributed by atoms with Crippen molar-refractivity contribution in [2.24, 2.45) is 0 Å². The predicted molar refractivity (Wildman–Crippen MR) is 133 cm³/mol. The van der Waals surface area contributed by atoms with Crippen LogP contribution in [0.5, 0.6) is 5.88 Å². The average Bonchev–Trinajstić information content (AvgIpc) is 3.56. The molecule has 3 atom stereocenters. The van der Waals surface area contributed by atoms with Gasteiger partial charge in [-0.3, -0.25) is 9.59 Å². The molecule has 3 unspecified atom stereocenters. The zero-order chi connectivity index (χ0) is 23.5. The lowest BCUT2D eigenvalue weighted by atomic mass is 9.79. The van der Waals surface area contributed by atoms with Crippen LogP contribution in [0.1, 0.15) is 30.5 Å². The Kier molecular flexibility index (Phi) is 6.92. The van der Waals surface area contributed by atoms with E-state index >= 15 is 0 Å². The van der Waals surface area contributed by atoms with Crippen LogP contribution in [-0.4, -0.2) is 41.2 Å². The van der Waals surface area contributed by atoms with Gasteiger partial charge in [-0.2, -0.15) is 11.3 Å². The minimum atomic E-state index is -1.06. The van der Waals surface area contributed by atoms with E-state index in [-0.39, 0.29) is 24.2 Å². The monoisotopic (exact) mass is 514 g/mol. The lowest BCUT2D eigenvalue weighted by molar-refractivity contribution is -0.133. The molecule has 1 N–H and O–H groups in total. The highest BCUT2D eigenvalue weighted by molar-refractivity contribution is 8.01. The maximum atomic E-state index is 13.4. The summed E-state index contributed by atoms with van der Waals surface area (Å²) in [5.41, 5.74) is 0.331. The van der Waals surface area contributed by atoms with E-state index in [1.165, 1.54) is 23.1 Å². The van der Waals surface area contributed by atoms with Crippen LogP contribution in [-0.2, 0) is 19.9 Å². The summed E-state index contributed by atoms with van der Waals surface area (Å²) in [6, 6.07) is 14.6. The third kappa shape index (κ3) is 4.73. The number of nitrogens with zero attached hydrogens (tertiary/aromatic N) is 1. The Morgan fingerprint density at radius 1 is 1.21 bits per heavy atom. The van der Waals surface area contributed by atoms with Crippen LogP contribution in [0.15, 0.2) is 64.2 Å². The number of thiophene rings is 1. The van der Waals surface area contributed by atoms with Crippen molar-refractivity contribution in [1.29, 1.82) is 0 Å². The van der Waals surface area contributed by atoms with Crippen molar-refractivity contribution < 1.29 is 19.1 Å². The smallest absolute Gasteiger partial charge is 0.242 e. The average molecular weight is 515 g/mol. The first-order valence-corrected chi connectivity index (χ1v) is 13.3. The number of rotatable bonds is 7. The predicted octanol–water partition coefficient (Wildman–Crippen LogP) is 4.85. The molecule has 0 aliphatic carbocycles. The number of carbonyl (C=O) groups excluding carboxylic acids is 2. The van der Waals surface area contributed by atoms with E-state index in [0.717, 1.165) is 25.0 Å². The Hall–Kier alpha value is -2.39. The number of ketones is 1. The number of Topliss-reactive ketones (excluding diaryl/α,β-unsaturated/α-hetero) is 1. The minimum Gasteiger partial charge on any atom is -0.475 e. The zero-order valence-electron chi connectivity index (χ0n) is 18.2. The highest BCUT2D eigenvalue weighted by Crippen LogP contribution is 2.41. The fraction of sp³-hybridized carbons (Fsp3) is 0.320. The molecule has 2 aliphatic heterocycles. The van der Waals surface area contributed by atoms with E-state index in [1.54, 1.807) is 12.1 Å². The van der Waals surface area contributed by atoms with Gasteiger partial charge in [0.25, 0.3) is 0 Å². The van der Waals surface area contributed by atoms with Crippen LogP contribution in [0.3, 0.4) is 0 Å². The van der Waals surface area contributed by atoms with Crippen LogP contribution < -0.4 is 10.1 Å². The quantitative estimate of drug-likeness (QED) is 0.454. The van der Waals surface area contributed by atoms with Gasteiger partial charge in [0, 0.05) is 24.0 Å². The molecule has 6 nitrogen and oxygen atoms in total. The van der Waals surface area contributed by atoms with E-state index in [4.69, 9.17) is 26.1 Å². The molecule has 0 spiro atoms. The first-order chi connectivity index (χ1) is 16.5. The van der Waals surface area contributed by atoms with Crippen molar-refractivity contribution in [2.45, 2.75) is 41.1 Å². The van der Waals surface area contributed by atoms with Crippen LogP contribution in [0.2, 0.25) is 5.02 Å². The number of hydrogen-bond acceptors (Lipinski definition) is 7. The molecule has 3 aromatic rings. The second-order valence-electron chi connectivity index (χ2n) is 8.29. The van der Waals surface area contributed by atoms with Gasteiger partial charge in [-0.25, -0.2) is 4.98 Å². The van der Waals surface area contributed by atoms with Gasteiger partial charge in [-0.15, -0.1) is 11.8 Å². The Morgan fingerprint density at radius 3 is 2.82 bits per heavy atom. The molecule has 0 radical (unpaired) electrons. The normalized spacial score (nSPS) is 24.7. The van der Waals surface area contributed by atoms with E-state index in [1.807, 2.05) is 47.2 Å². The van der Waals surface area contributed by atoms with E-state index in [0.29, 0.717) is 28.1 Å². The molecule has 2 saturated heterocycles. The fourth-order valence-electron chi connectivity index (χ4n) is 4.28. The van der Waals surface area contributed by atoms with Crippen molar-refractivity contribution in [3.05, 3.63) is 75.6 Å². The number of pyridine rings is 1. The van der Waals surface area contributed by atoms with Crippen LogP contribution >= 0.6 is 34.7 Å². The first kappa shape index (κ1) is 23.4. The first-order valence-electron chi connectivity index (χ1n) is 11.1. The van der Waals surface area contributed by atoms with E-state index in [9.17, 15) is 9.59 Å². The summed E-state index contributed by atoms with van der Waals surface area (Å²) in [7, 11) is 0. The maximum absolute atomic E-state index is 13.4. The molecule has 176 valence electrons. The Bertz CT molecular complexity index is 1160. The summed E-state index contributed by atoms with van der Waals surface area (Å²) in [5, 5.41) is 6.63. The molecule has 9 heteroatoms. The van der Waals surface area contributed by atoms with Crippen molar-refractivity contribution in [3.63, 3.8) is 0 Å². The SMILES string of the molecule is O=C1CC(c2ccsc2)(c2cccc(OCC3CCCO3)n2)NC(=O)C1Sc1ccccc1Cl. The van der Waals surface area contributed by atoms with E-state index < -0.39 is 10.8 Å². The largest absolute Gasteiger partial charge is 0.475 e. The molecule has 1 aromatic carbocycles. The summed E-state index contributed by atoms with van der Waals surface area (Å²) in [6.45, 7) is 1.17. The van der Waals surface area contributed by atoms with Crippen LogP contribution in [0, 0.1) is 0 Å². The number of hydrogen-bond donors (Lipinski definition) is 1. The number of thioether (sulfide) groups is 1. The molecule has 2 aliphatic rings. The number of aromatic nitrogens is 1. The third-order valence-electron chi connectivity index (χ3n) is 6.00. The lowest BCUT2D eigenvalue weighted by Gasteiger charge is -2.39. The molecule has 34 heavy (non-hydrogen) atoms. The summed E-state index contributed by atoms with van der Waals surface area (Å²) in [5.74, 6) is -0.0935. The second-order valence-corrected chi connectivity index (χ2v) is 10.6. The fourth-order valence-corrected chi connectivity index (χ4v) is 6.25. The zero-order valence-corrected chi connectivity index (χ0v) is 20.6. The molecule has 0 saturated carbocycles. The molecule has 2 aromatic heterocycles. The Morgan fingerprint density at radius 2 is 2.09 bits per heavy atom. The lowest BCUT2D eigenvalue weighted by Crippen LogP contribution is -2.58. The third-order valence-corrected chi connectivity index (χ3v) is 8.45. The summed E-state index contributed by atoms with van der Waals surface area (Å²) in [4.78, 5) is 32.1. The highest BCUT2D eigenvalue weighted by atomic mass is 35.5. The van der Waals surface area contributed by atoms with Crippen molar-refractivity contribution >= 4 is 46.4 Å². The van der Waals surface area contributed by atoms with Gasteiger partial charge >= 0.3 is 0 Å². The number of benzene rings is 1. The number of carbonyl (C=O) groups is 2. The number of piperidine rings is 1. The molecule has 2 fully saturated rings. The van der Waals surface area contributed by atoms with Gasteiger partial charge in [0.05, 0.1) is 16.8 Å². The number of halogens is 1. The van der Waals surface area contributed by atoms with Crippen molar-refractivity contribution in [3.8, 4) is 5.88 Å². The van der Waals surface area contributed by atoms with Gasteiger partial charge in [0.1, 0.15) is 17.4 Å². The van der Waals surface area contributed by atoms with Gasteiger partial charge < -0.3 is 14.8 Å².